The molecule has 0 saturated carbocycles. The molecular formula is C15H24N2O2. The van der Waals surface area contributed by atoms with Gasteiger partial charge >= 0.3 is 0 Å². The molecule has 2 rings (SSSR count). The zero-order chi connectivity index (χ0) is 13.7. The largest absolute Gasteiger partial charge is 0.496 e. The van der Waals surface area contributed by atoms with Gasteiger partial charge in [0.05, 0.1) is 19.3 Å². The average molecular weight is 264 g/mol. The maximum Gasteiger partial charge on any atom is 0.123 e. The molecule has 1 saturated heterocycles. The molecule has 1 fully saturated rings. The van der Waals surface area contributed by atoms with E-state index in [1.54, 1.807) is 7.11 Å². The quantitative estimate of drug-likeness (QED) is 0.809. The molecule has 1 aromatic carbocycles. The van der Waals surface area contributed by atoms with Crippen molar-refractivity contribution in [2.45, 2.75) is 19.1 Å². The Morgan fingerprint density at radius 1 is 1.32 bits per heavy atom. The molecule has 0 atom stereocenters. The van der Waals surface area contributed by atoms with Crippen LogP contribution < -0.4 is 10.1 Å². The molecule has 0 aliphatic carbocycles. The lowest BCUT2D eigenvalue weighted by Gasteiger charge is -2.39. The van der Waals surface area contributed by atoms with Crippen LogP contribution in [0.2, 0.25) is 0 Å². The van der Waals surface area contributed by atoms with Crippen molar-refractivity contribution in [2.75, 3.05) is 40.4 Å². The Hall–Kier alpha value is -1.10. The fraction of sp³-hybridized carbons (Fsp3) is 0.600. The second-order valence-electron chi connectivity index (χ2n) is 5.45. The minimum absolute atomic E-state index is 0.0469. The van der Waals surface area contributed by atoms with E-state index in [0.717, 1.165) is 38.5 Å². The Kier molecular flexibility index (Phi) is 4.80. The molecule has 0 spiro atoms. The number of hydrogen-bond acceptors (Lipinski definition) is 4. The molecule has 1 N–H and O–H groups in total. The Morgan fingerprint density at radius 3 is 2.68 bits per heavy atom. The molecule has 0 aromatic heterocycles. The van der Waals surface area contributed by atoms with Crippen LogP contribution in [-0.2, 0) is 11.3 Å². The summed E-state index contributed by atoms with van der Waals surface area (Å²) >= 11 is 0. The minimum Gasteiger partial charge on any atom is -0.496 e. The number of methoxy groups -OCH3 is 1. The van der Waals surface area contributed by atoms with Crippen molar-refractivity contribution >= 4 is 0 Å². The number of hydrogen-bond donors (Lipinski definition) is 1. The number of benzene rings is 1. The van der Waals surface area contributed by atoms with Crippen molar-refractivity contribution in [3.05, 3.63) is 29.8 Å². The van der Waals surface area contributed by atoms with Gasteiger partial charge in [-0.1, -0.05) is 18.2 Å². The maximum atomic E-state index is 5.89. The van der Waals surface area contributed by atoms with Crippen LogP contribution in [0.25, 0.3) is 0 Å². The van der Waals surface area contributed by atoms with Gasteiger partial charge in [0.25, 0.3) is 0 Å². The lowest BCUT2D eigenvalue weighted by Crippen LogP contribution is -2.59. The SMILES string of the molecule is COc1ccccc1CN(C)CCOC1(C)CNC1. The van der Waals surface area contributed by atoms with Gasteiger partial charge in [-0.2, -0.15) is 0 Å². The van der Waals surface area contributed by atoms with E-state index in [4.69, 9.17) is 9.47 Å². The molecule has 0 bridgehead atoms. The molecular weight excluding hydrogens is 240 g/mol. The second-order valence-corrected chi connectivity index (χ2v) is 5.45. The smallest absolute Gasteiger partial charge is 0.123 e. The van der Waals surface area contributed by atoms with Crippen LogP contribution in [0.4, 0.5) is 0 Å². The third kappa shape index (κ3) is 3.93. The van der Waals surface area contributed by atoms with Crippen LogP contribution in [0.5, 0.6) is 5.75 Å². The van der Waals surface area contributed by atoms with Gasteiger partial charge in [-0.25, -0.2) is 0 Å². The molecule has 1 aromatic rings. The number of nitrogens with zero attached hydrogens (tertiary/aromatic N) is 1. The monoisotopic (exact) mass is 264 g/mol. The van der Waals surface area contributed by atoms with E-state index >= 15 is 0 Å². The van der Waals surface area contributed by atoms with E-state index in [9.17, 15) is 0 Å². The fourth-order valence-corrected chi connectivity index (χ4v) is 2.23. The summed E-state index contributed by atoms with van der Waals surface area (Å²) in [5.74, 6) is 0.949. The van der Waals surface area contributed by atoms with Gasteiger partial charge in [-0.15, -0.1) is 0 Å². The molecule has 4 nitrogen and oxygen atoms in total. The summed E-state index contributed by atoms with van der Waals surface area (Å²) in [6.45, 7) is 6.65. The minimum atomic E-state index is 0.0469. The molecule has 1 aliphatic heterocycles. The number of rotatable bonds is 7. The normalized spacial score (nSPS) is 17.3. The van der Waals surface area contributed by atoms with Crippen molar-refractivity contribution in [1.82, 2.24) is 10.2 Å². The third-order valence-corrected chi connectivity index (χ3v) is 3.55. The van der Waals surface area contributed by atoms with Crippen molar-refractivity contribution < 1.29 is 9.47 Å². The summed E-state index contributed by atoms with van der Waals surface area (Å²) in [4.78, 5) is 2.26. The van der Waals surface area contributed by atoms with Gasteiger partial charge in [0.1, 0.15) is 5.75 Å². The second kappa shape index (κ2) is 6.37. The van der Waals surface area contributed by atoms with Crippen LogP contribution in [0.1, 0.15) is 12.5 Å². The van der Waals surface area contributed by atoms with E-state index in [1.165, 1.54) is 5.56 Å². The van der Waals surface area contributed by atoms with Crippen LogP contribution in [0, 0.1) is 0 Å². The van der Waals surface area contributed by atoms with E-state index in [2.05, 4.69) is 30.3 Å². The van der Waals surface area contributed by atoms with Crippen molar-refractivity contribution in [1.29, 1.82) is 0 Å². The first-order chi connectivity index (χ1) is 9.13. The summed E-state index contributed by atoms with van der Waals surface area (Å²) < 4.78 is 11.3. The van der Waals surface area contributed by atoms with Gasteiger partial charge in [-0.05, 0) is 20.0 Å². The Bertz CT molecular complexity index is 405. The standard InChI is InChI=1S/C15H24N2O2/c1-15(11-16-12-15)19-9-8-17(2)10-13-6-4-5-7-14(13)18-3/h4-7,16H,8-12H2,1-3H3. The first-order valence-corrected chi connectivity index (χ1v) is 6.78. The molecule has 4 heteroatoms. The first kappa shape index (κ1) is 14.3. The summed E-state index contributed by atoms with van der Waals surface area (Å²) in [6, 6.07) is 8.15. The van der Waals surface area contributed by atoms with Crippen LogP contribution >= 0.6 is 0 Å². The Balaban J connectivity index is 1.75. The zero-order valence-corrected chi connectivity index (χ0v) is 12.1. The molecule has 19 heavy (non-hydrogen) atoms. The molecule has 0 radical (unpaired) electrons. The van der Waals surface area contributed by atoms with Crippen molar-refractivity contribution in [3.63, 3.8) is 0 Å². The molecule has 1 heterocycles. The van der Waals surface area contributed by atoms with Gasteiger partial charge < -0.3 is 14.8 Å². The summed E-state index contributed by atoms with van der Waals surface area (Å²) in [7, 11) is 3.82. The topological polar surface area (TPSA) is 33.7 Å². The summed E-state index contributed by atoms with van der Waals surface area (Å²) in [5, 5.41) is 3.24. The Morgan fingerprint density at radius 2 is 2.05 bits per heavy atom. The zero-order valence-electron chi connectivity index (χ0n) is 12.1. The van der Waals surface area contributed by atoms with Gasteiger partial charge in [0, 0.05) is 31.7 Å². The van der Waals surface area contributed by atoms with E-state index < -0.39 is 0 Å². The van der Waals surface area contributed by atoms with E-state index in [-0.39, 0.29) is 5.60 Å². The first-order valence-electron chi connectivity index (χ1n) is 6.78. The van der Waals surface area contributed by atoms with Gasteiger partial charge in [0.2, 0.25) is 0 Å². The van der Waals surface area contributed by atoms with E-state index in [0.29, 0.717) is 0 Å². The fourth-order valence-electron chi connectivity index (χ4n) is 2.23. The highest BCUT2D eigenvalue weighted by atomic mass is 16.5. The molecule has 0 unspecified atom stereocenters. The number of likely N-dealkylation sites (N-methyl/N-ethyl adjacent to an activating group) is 1. The van der Waals surface area contributed by atoms with Crippen LogP contribution in [-0.4, -0.2) is 50.9 Å². The molecule has 0 amide bonds. The molecule has 1 aliphatic rings. The number of para-hydroxylation sites is 1. The number of nitrogens with one attached hydrogen (secondary N) is 1. The predicted molar refractivity (Wildman–Crippen MR) is 76.6 cm³/mol. The average Bonchev–Trinajstić information content (AvgIpc) is 2.37. The van der Waals surface area contributed by atoms with Crippen LogP contribution in [0.3, 0.4) is 0 Å². The lowest BCUT2D eigenvalue weighted by atomic mass is 10.0. The van der Waals surface area contributed by atoms with Crippen molar-refractivity contribution in [2.24, 2.45) is 0 Å². The van der Waals surface area contributed by atoms with Crippen LogP contribution in [0.15, 0.2) is 24.3 Å². The summed E-state index contributed by atoms with van der Waals surface area (Å²) in [6.07, 6.45) is 0. The highest BCUT2D eigenvalue weighted by Crippen LogP contribution is 2.19. The van der Waals surface area contributed by atoms with Gasteiger partial charge in [-0.3, -0.25) is 4.90 Å². The highest BCUT2D eigenvalue weighted by Gasteiger charge is 2.32. The number of ether oxygens (including phenoxy) is 2. The summed E-state index contributed by atoms with van der Waals surface area (Å²) in [5.41, 5.74) is 1.26. The van der Waals surface area contributed by atoms with Crippen molar-refractivity contribution in [3.8, 4) is 5.75 Å². The maximum absolute atomic E-state index is 5.89. The van der Waals surface area contributed by atoms with E-state index in [1.807, 2.05) is 18.2 Å². The lowest BCUT2D eigenvalue weighted by molar-refractivity contribution is -0.0712. The third-order valence-electron chi connectivity index (χ3n) is 3.55. The molecule has 106 valence electrons. The Labute approximate surface area is 115 Å². The van der Waals surface area contributed by atoms with Gasteiger partial charge in [0.15, 0.2) is 0 Å². The predicted octanol–water partition coefficient (Wildman–Crippen LogP) is 1.51. The highest BCUT2D eigenvalue weighted by molar-refractivity contribution is 5.32.